The van der Waals surface area contributed by atoms with E-state index in [9.17, 15) is 20.4 Å². The zero-order chi connectivity index (χ0) is 21.7. The van der Waals surface area contributed by atoms with E-state index < -0.39 is 17.5 Å². The van der Waals surface area contributed by atoms with Crippen molar-refractivity contribution in [2.24, 2.45) is 0 Å². The smallest absolute Gasteiger partial charge is 0.224 e. The quantitative estimate of drug-likeness (QED) is 0.278. The number of aliphatic hydroxyl groups excluding tert-OH is 1. The highest BCUT2D eigenvalue weighted by Gasteiger charge is 2.45. The van der Waals surface area contributed by atoms with Gasteiger partial charge in [0.1, 0.15) is 31.9 Å². The Labute approximate surface area is 171 Å². The van der Waals surface area contributed by atoms with E-state index in [1.165, 1.54) is 32.4 Å². The summed E-state index contributed by atoms with van der Waals surface area (Å²) in [6.07, 6.45) is -1.08. The van der Waals surface area contributed by atoms with Gasteiger partial charge in [-0.1, -0.05) is 12.1 Å². The third-order valence-corrected chi connectivity index (χ3v) is 4.36. The minimum atomic E-state index is -2.90. The van der Waals surface area contributed by atoms with Gasteiger partial charge in [-0.15, -0.1) is 0 Å². The molecule has 2 unspecified atom stereocenters. The number of benzene rings is 2. The highest BCUT2D eigenvalue weighted by Crippen LogP contribution is 2.34. The van der Waals surface area contributed by atoms with Crippen molar-refractivity contribution in [3.05, 3.63) is 53.6 Å². The van der Waals surface area contributed by atoms with E-state index in [0.717, 1.165) is 5.56 Å². The van der Waals surface area contributed by atoms with Gasteiger partial charge in [-0.05, 0) is 42.8 Å². The largest absolute Gasteiger partial charge is 0.493 e. The van der Waals surface area contributed by atoms with Crippen LogP contribution in [0.2, 0.25) is 0 Å². The van der Waals surface area contributed by atoms with Crippen LogP contribution in [0.25, 0.3) is 0 Å². The van der Waals surface area contributed by atoms with E-state index in [-0.39, 0.29) is 24.5 Å². The summed E-state index contributed by atoms with van der Waals surface area (Å²) in [5.41, 5.74) is -1.82. The second-order valence-corrected chi connectivity index (χ2v) is 6.67. The van der Waals surface area contributed by atoms with E-state index in [2.05, 4.69) is 5.32 Å². The SMILES string of the molecule is [B]C(O)(NCC(O)COc1cccc(C)c1)C(O)(O)c1ccc(OC)c(OC)c1. The van der Waals surface area contributed by atoms with Gasteiger partial charge in [0.05, 0.1) is 14.2 Å². The lowest BCUT2D eigenvalue weighted by Gasteiger charge is -2.39. The van der Waals surface area contributed by atoms with Crippen LogP contribution in [0.3, 0.4) is 0 Å². The van der Waals surface area contributed by atoms with Gasteiger partial charge in [-0.3, -0.25) is 5.32 Å². The van der Waals surface area contributed by atoms with E-state index in [0.29, 0.717) is 11.5 Å². The molecular formula is C20H26BNO7. The van der Waals surface area contributed by atoms with Crippen LogP contribution < -0.4 is 19.5 Å². The highest BCUT2D eigenvalue weighted by molar-refractivity contribution is 6.14. The number of hydrogen-bond acceptors (Lipinski definition) is 8. The van der Waals surface area contributed by atoms with Crippen LogP contribution in [-0.2, 0) is 5.79 Å². The number of nitrogens with one attached hydrogen (secondary N) is 1. The summed E-state index contributed by atoms with van der Waals surface area (Å²) in [6.45, 7) is 1.55. The topological polar surface area (TPSA) is 121 Å². The molecule has 8 nitrogen and oxygen atoms in total. The maximum absolute atomic E-state index is 10.5. The van der Waals surface area contributed by atoms with Crippen molar-refractivity contribution in [1.29, 1.82) is 0 Å². The van der Waals surface area contributed by atoms with Gasteiger partial charge in [0.15, 0.2) is 11.5 Å². The molecule has 5 N–H and O–H groups in total. The lowest BCUT2D eigenvalue weighted by Crippen LogP contribution is -2.63. The van der Waals surface area contributed by atoms with Crippen molar-refractivity contribution in [2.75, 3.05) is 27.4 Å². The zero-order valence-corrected chi connectivity index (χ0v) is 16.6. The Kier molecular flexibility index (Phi) is 7.51. The summed E-state index contributed by atoms with van der Waals surface area (Å²) >= 11 is 0. The number of ether oxygens (including phenoxy) is 3. The molecule has 2 atom stereocenters. The lowest BCUT2D eigenvalue weighted by atomic mass is 9.79. The fourth-order valence-corrected chi connectivity index (χ4v) is 2.63. The second-order valence-electron chi connectivity index (χ2n) is 6.67. The zero-order valence-electron chi connectivity index (χ0n) is 16.6. The minimum absolute atomic E-state index is 0.0905. The highest BCUT2D eigenvalue weighted by atomic mass is 16.5. The number of methoxy groups -OCH3 is 2. The first-order valence-corrected chi connectivity index (χ1v) is 8.91. The fourth-order valence-electron chi connectivity index (χ4n) is 2.63. The van der Waals surface area contributed by atoms with Crippen LogP contribution in [0, 0.1) is 6.92 Å². The molecular weight excluding hydrogens is 377 g/mol. The van der Waals surface area contributed by atoms with Crippen molar-refractivity contribution >= 4 is 7.85 Å². The van der Waals surface area contributed by atoms with E-state index in [1.807, 2.05) is 25.1 Å². The Morgan fingerprint density at radius 1 is 1.03 bits per heavy atom. The third-order valence-electron chi connectivity index (χ3n) is 4.36. The molecule has 2 aromatic rings. The van der Waals surface area contributed by atoms with Gasteiger partial charge in [0.2, 0.25) is 5.79 Å². The molecule has 2 rings (SSSR count). The van der Waals surface area contributed by atoms with Crippen LogP contribution >= 0.6 is 0 Å². The lowest BCUT2D eigenvalue weighted by molar-refractivity contribution is -0.263. The molecule has 0 spiro atoms. The molecule has 0 aromatic heterocycles. The van der Waals surface area contributed by atoms with Gasteiger partial charge >= 0.3 is 0 Å². The molecule has 0 amide bonds. The van der Waals surface area contributed by atoms with Crippen molar-refractivity contribution in [2.45, 2.75) is 24.4 Å². The maximum atomic E-state index is 10.5. The Hall–Kier alpha value is -2.30. The molecule has 0 heterocycles. The van der Waals surface area contributed by atoms with Crippen molar-refractivity contribution < 1.29 is 34.6 Å². The molecule has 29 heavy (non-hydrogen) atoms. The molecule has 9 heteroatoms. The van der Waals surface area contributed by atoms with Crippen LogP contribution in [0.1, 0.15) is 11.1 Å². The molecule has 2 aromatic carbocycles. The molecule has 0 aliphatic rings. The fraction of sp³-hybridized carbons (Fsp3) is 0.400. The van der Waals surface area contributed by atoms with E-state index >= 15 is 0 Å². The average Bonchev–Trinajstić information content (AvgIpc) is 2.70. The molecule has 0 fully saturated rings. The molecule has 0 saturated heterocycles. The minimum Gasteiger partial charge on any atom is -0.493 e. The van der Waals surface area contributed by atoms with Crippen LogP contribution in [0.15, 0.2) is 42.5 Å². The Bertz CT molecular complexity index is 813. The second kappa shape index (κ2) is 9.47. The Morgan fingerprint density at radius 3 is 2.34 bits per heavy atom. The predicted octanol–water partition coefficient (Wildman–Crippen LogP) is -0.00628. The molecule has 0 aliphatic heterocycles. The molecule has 0 saturated carbocycles. The van der Waals surface area contributed by atoms with E-state index in [1.54, 1.807) is 6.07 Å². The van der Waals surface area contributed by atoms with E-state index in [4.69, 9.17) is 22.1 Å². The monoisotopic (exact) mass is 403 g/mol. The van der Waals surface area contributed by atoms with Gasteiger partial charge in [-0.2, -0.15) is 0 Å². The average molecular weight is 403 g/mol. The third kappa shape index (κ3) is 5.62. The first kappa shape index (κ1) is 23.0. The van der Waals surface area contributed by atoms with Gasteiger partial charge < -0.3 is 34.6 Å². The molecule has 156 valence electrons. The first-order valence-electron chi connectivity index (χ1n) is 8.91. The number of aliphatic hydroxyl groups is 4. The predicted molar refractivity (Wildman–Crippen MR) is 107 cm³/mol. The summed E-state index contributed by atoms with van der Waals surface area (Å²) in [4.78, 5) is 0. The van der Waals surface area contributed by atoms with Crippen LogP contribution in [0.5, 0.6) is 17.2 Å². The normalized spacial score (nSPS) is 14.7. The molecule has 0 aliphatic carbocycles. The van der Waals surface area contributed by atoms with Gasteiger partial charge in [-0.25, -0.2) is 0 Å². The van der Waals surface area contributed by atoms with Crippen LogP contribution in [0.4, 0.5) is 0 Å². The molecule has 2 radical (unpaired) electrons. The summed E-state index contributed by atoms with van der Waals surface area (Å²) in [7, 11) is 8.50. The number of rotatable bonds is 10. The summed E-state index contributed by atoms with van der Waals surface area (Å²) in [6, 6.07) is 11.3. The first-order chi connectivity index (χ1) is 13.6. The Balaban J connectivity index is 2.01. The van der Waals surface area contributed by atoms with Crippen LogP contribution in [-0.4, -0.2) is 67.4 Å². The summed E-state index contributed by atoms with van der Waals surface area (Å²) < 4.78 is 15.7. The number of aryl methyl sites for hydroxylation is 1. The Morgan fingerprint density at radius 2 is 1.72 bits per heavy atom. The van der Waals surface area contributed by atoms with Crippen molar-refractivity contribution in [1.82, 2.24) is 5.32 Å². The maximum Gasteiger partial charge on any atom is 0.224 e. The van der Waals surface area contributed by atoms with Gasteiger partial charge in [0, 0.05) is 12.1 Å². The summed E-state index contributed by atoms with van der Waals surface area (Å²) in [5, 5.41) is 43.7. The standard InChI is InChI=1S/C20H26BNO7/c1-13-5-4-6-16(9-13)29-12-15(23)11-22-20(21,26)19(24,25)14-7-8-17(27-2)18(10-14)28-3/h4-10,15,22-26H,11-12H2,1-3H3. The van der Waals surface area contributed by atoms with Gasteiger partial charge in [0.25, 0.3) is 0 Å². The summed E-state index contributed by atoms with van der Waals surface area (Å²) in [5.74, 6) is -1.73. The van der Waals surface area contributed by atoms with Crippen molar-refractivity contribution in [3.63, 3.8) is 0 Å². The van der Waals surface area contributed by atoms with Crippen molar-refractivity contribution in [3.8, 4) is 17.2 Å². The molecule has 0 bridgehead atoms. The number of hydrogen-bond donors (Lipinski definition) is 5.